The Morgan fingerprint density at radius 3 is 2.69 bits per heavy atom. The van der Waals surface area contributed by atoms with E-state index in [0.717, 1.165) is 5.56 Å². The second-order valence-corrected chi connectivity index (χ2v) is 3.66. The summed E-state index contributed by atoms with van der Waals surface area (Å²) in [6, 6.07) is 1.80. The molecule has 0 radical (unpaired) electrons. The van der Waals surface area contributed by atoms with Gasteiger partial charge in [0.1, 0.15) is 0 Å². The molecule has 0 aliphatic carbocycles. The highest BCUT2D eigenvalue weighted by Crippen LogP contribution is 2.44. The van der Waals surface area contributed by atoms with Crippen LogP contribution in [0.2, 0.25) is 0 Å². The van der Waals surface area contributed by atoms with Crippen LogP contribution in [0.25, 0.3) is 11.2 Å². The number of benzene rings is 1. The Morgan fingerprint density at radius 1 is 1.44 bits per heavy atom. The summed E-state index contributed by atoms with van der Waals surface area (Å²) in [7, 11) is 1.51. The number of methoxy groups -OCH3 is 1. The molecule has 0 atom stereocenters. The van der Waals surface area contributed by atoms with Crippen LogP contribution < -0.4 is 9.47 Å². The first-order valence-corrected chi connectivity index (χ1v) is 4.81. The molecule has 0 spiro atoms. The molecule has 0 aromatic carbocycles. The van der Waals surface area contributed by atoms with Gasteiger partial charge in [-0.05, 0) is 25.5 Å². The number of carbonyl (C=O) groups excluding carboxylic acids is 1. The van der Waals surface area contributed by atoms with Crippen molar-refractivity contribution in [1.29, 1.82) is 0 Å². The molecule has 0 aliphatic heterocycles. The number of ether oxygens (including phenoxy) is 2. The van der Waals surface area contributed by atoms with Crippen molar-refractivity contribution in [3.05, 3.63) is 23.8 Å². The lowest BCUT2D eigenvalue weighted by Gasteiger charge is -2.05. The van der Waals surface area contributed by atoms with E-state index in [4.69, 9.17) is 13.9 Å². The fourth-order valence-corrected chi connectivity index (χ4v) is 1.50. The van der Waals surface area contributed by atoms with E-state index in [1.165, 1.54) is 7.11 Å². The normalized spacial score (nSPS) is 10.7. The predicted octanol–water partition coefficient (Wildman–Crippen LogP) is 2.67. The fraction of sp³-hybridized carbons (Fsp3) is 0.250. The van der Waals surface area contributed by atoms with Gasteiger partial charge in [0.05, 0.1) is 7.11 Å². The molecule has 0 saturated carbocycles. The minimum Gasteiger partial charge on any atom is -0.490 e. The molecular weight excluding hydrogens is 208 g/mol. The molecule has 2 aromatic heterocycles. The Morgan fingerprint density at radius 2 is 2.12 bits per heavy atom. The van der Waals surface area contributed by atoms with E-state index in [0.29, 0.717) is 28.2 Å². The van der Waals surface area contributed by atoms with Gasteiger partial charge in [-0.2, -0.15) is 0 Å². The van der Waals surface area contributed by atoms with Gasteiger partial charge in [-0.25, -0.2) is 4.79 Å². The van der Waals surface area contributed by atoms with Gasteiger partial charge in [-0.15, -0.1) is 0 Å². The number of rotatable bonds is 3. The molecule has 2 aromatic rings. The Bertz CT molecular complexity index is 550. The molecule has 0 aliphatic rings. The average Bonchev–Trinajstić information content (AvgIpc) is 2.74. The lowest BCUT2D eigenvalue weighted by molar-refractivity contribution is -0.130. The second-order valence-electron chi connectivity index (χ2n) is 3.66. The third-order valence-corrected chi connectivity index (χ3v) is 2.30. The summed E-state index contributed by atoms with van der Waals surface area (Å²) in [5, 5.41) is 0. The third-order valence-electron chi connectivity index (χ3n) is 2.30. The van der Waals surface area contributed by atoms with Crippen molar-refractivity contribution in [1.82, 2.24) is 0 Å². The molecule has 0 N–H and O–H groups in total. The van der Waals surface area contributed by atoms with E-state index in [9.17, 15) is 4.79 Å². The smallest absolute Gasteiger partial charge is 0.338 e. The van der Waals surface area contributed by atoms with Crippen LogP contribution in [0.3, 0.4) is 0 Å². The lowest BCUT2D eigenvalue weighted by Crippen LogP contribution is -2.08. The van der Waals surface area contributed by atoms with Gasteiger partial charge in [0.2, 0.25) is 11.5 Å². The van der Waals surface area contributed by atoms with Gasteiger partial charge in [0, 0.05) is 5.57 Å². The molecule has 16 heavy (non-hydrogen) atoms. The summed E-state index contributed by atoms with van der Waals surface area (Å²) in [4.78, 5) is 11.4. The van der Waals surface area contributed by atoms with Gasteiger partial charge in [0.25, 0.3) is 0 Å². The van der Waals surface area contributed by atoms with Crippen LogP contribution in [0.15, 0.2) is 22.6 Å². The number of fused-ring (bicyclic) bond motifs is 2. The zero-order valence-corrected chi connectivity index (χ0v) is 9.42. The van der Waals surface area contributed by atoms with Crippen LogP contribution in [-0.2, 0) is 4.79 Å². The van der Waals surface area contributed by atoms with Crippen LogP contribution in [0.5, 0.6) is 11.5 Å². The highest BCUT2D eigenvalue weighted by Gasteiger charge is 2.24. The number of esters is 1. The first-order chi connectivity index (χ1) is 7.54. The SMILES string of the molecule is C=C(C)C(=O)Oc1c(OC)c2oc1cc2C. The first kappa shape index (κ1) is 10.5. The predicted molar refractivity (Wildman–Crippen MR) is 59.1 cm³/mol. The Labute approximate surface area is 92.8 Å². The number of hydrogen-bond donors (Lipinski definition) is 0. The molecule has 84 valence electrons. The van der Waals surface area contributed by atoms with E-state index in [-0.39, 0.29) is 0 Å². The number of furan rings is 2. The Balaban J connectivity index is 2.42. The van der Waals surface area contributed by atoms with Crippen LogP contribution in [0, 0.1) is 6.92 Å². The van der Waals surface area contributed by atoms with Crippen molar-refractivity contribution in [2.24, 2.45) is 0 Å². The van der Waals surface area contributed by atoms with E-state index in [2.05, 4.69) is 6.58 Å². The molecule has 0 amide bonds. The third kappa shape index (κ3) is 1.43. The molecule has 4 nitrogen and oxygen atoms in total. The fourth-order valence-electron chi connectivity index (χ4n) is 1.50. The van der Waals surface area contributed by atoms with Crippen molar-refractivity contribution in [3.63, 3.8) is 0 Å². The van der Waals surface area contributed by atoms with Crippen LogP contribution in [0.1, 0.15) is 12.5 Å². The van der Waals surface area contributed by atoms with Crippen LogP contribution in [0.4, 0.5) is 0 Å². The van der Waals surface area contributed by atoms with Crippen LogP contribution in [-0.4, -0.2) is 13.1 Å². The highest BCUT2D eigenvalue weighted by atomic mass is 16.6. The summed E-state index contributed by atoms with van der Waals surface area (Å²) in [6.07, 6.45) is 0. The van der Waals surface area contributed by atoms with Crippen molar-refractivity contribution >= 4 is 17.1 Å². The Kier molecular flexibility index (Phi) is 2.34. The maximum Gasteiger partial charge on any atom is 0.338 e. The summed E-state index contributed by atoms with van der Waals surface area (Å²) < 4.78 is 15.7. The molecular formula is C12H12O4. The summed E-state index contributed by atoms with van der Waals surface area (Å²) >= 11 is 0. The van der Waals surface area contributed by atoms with Gasteiger partial charge in [-0.1, -0.05) is 6.58 Å². The van der Waals surface area contributed by atoms with E-state index < -0.39 is 5.97 Å². The number of aryl methyl sites for hydroxylation is 1. The standard InChI is InChI=1S/C12H12O4/c1-6(2)12(13)16-10-8-5-7(3)9(15-8)11(10)14-4/h5H,1H2,2-4H3. The minimum absolute atomic E-state index is 0.330. The van der Waals surface area contributed by atoms with Gasteiger partial charge >= 0.3 is 5.97 Å². The van der Waals surface area contributed by atoms with E-state index in [1.807, 2.05) is 6.92 Å². The highest BCUT2D eigenvalue weighted by molar-refractivity contribution is 5.93. The molecule has 4 heteroatoms. The number of hydrogen-bond acceptors (Lipinski definition) is 4. The Hall–Kier alpha value is -1.97. The minimum atomic E-state index is -0.486. The molecule has 0 unspecified atom stereocenters. The largest absolute Gasteiger partial charge is 0.490 e. The maximum atomic E-state index is 11.4. The summed E-state index contributed by atoms with van der Waals surface area (Å²) in [5.74, 6) is 0.306. The molecule has 0 fully saturated rings. The van der Waals surface area contributed by atoms with Crippen molar-refractivity contribution in [2.45, 2.75) is 13.8 Å². The zero-order valence-electron chi connectivity index (χ0n) is 9.42. The van der Waals surface area contributed by atoms with Crippen LogP contribution >= 0.6 is 0 Å². The van der Waals surface area contributed by atoms with Gasteiger partial charge in [-0.3, -0.25) is 0 Å². The first-order valence-electron chi connectivity index (χ1n) is 4.81. The maximum absolute atomic E-state index is 11.4. The van der Waals surface area contributed by atoms with Gasteiger partial charge < -0.3 is 13.9 Å². The molecule has 2 bridgehead atoms. The quantitative estimate of drug-likeness (QED) is 0.453. The summed E-state index contributed by atoms with van der Waals surface area (Å²) in [5.41, 5.74) is 2.42. The molecule has 2 heterocycles. The van der Waals surface area contributed by atoms with Crippen molar-refractivity contribution in [2.75, 3.05) is 7.11 Å². The molecule has 2 rings (SSSR count). The van der Waals surface area contributed by atoms with Gasteiger partial charge in [0.15, 0.2) is 11.2 Å². The number of carbonyl (C=O) groups is 1. The second kappa shape index (κ2) is 3.56. The average molecular weight is 220 g/mol. The lowest BCUT2D eigenvalue weighted by atomic mass is 10.2. The van der Waals surface area contributed by atoms with Crippen molar-refractivity contribution in [3.8, 4) is 11.5 Å². The van der Waals surface area contributed by atoms with Crippen molar-refractivity contribution < 1.29 is 18.7 Å². The topological polar surface area (TPSA) is 48.7 Å². The molecule has 0 saturated heterocycles. The zero-order chi connectivity index (χ0) is 11.9. The van der Waals surface area contributed by atoms with E-state index in [1.54, 1.807) is 13.0 Å². The summed E-state index contributed by atoms with van der Waals surface area (Å²) in [6.45, 7) is 7.00. The van der Waals surface area contributed by atoms with E-state index >= 15 is 0 Å². The monoisotopic (exact) mass is 220 g/mol.